The van der Waals surface area contributed by atoms with Crippen LogP contribution in [0.1, 0.15) is 19.8 Å². The average molecular weight is 223 g/mol. The summed E-state index contributed by atoms with van der Waals surface area (Å²) in [6, 6.07) is -0.574. The van der Waals surface area contributed by atoms with Crippen LogP contribution < -0.4 is 5.32 Å². The van der Waals surface area contributed by atoms with Crippen molar-refractivity contribution < 1.29 is 18.3 Å². The van der Waals surface area contributed by atoms with Crippen LogP contribution in [-0.4, -0.2) is 44.1 Å². The normalized spacial score (nSPS) is 13.9. The molecule has 0 rings (SSSR count). The maximum Gasteiger partial charge on any atom is 0.320 e. The van der Waals surface area contributed by atoms with E-state index in [0.717, 1.165) is 0 Å². The maximum atomic E-state index is 10.7. The number of hydrogen-bond donors (Lipinski definition) is 2. The van der Waals surface area contributed by atoms with E-state index in [2.05, 4.69) is 5.32 Å². The molecule has 0 aliphatic rings. The minimum Gasteiger partial charge on any atom is -0.480 e. The van der Waals surface area contributed by atoms with Crippen LogP contribution in [-0.2, 0) is 14.6 Å². The third kappa shape index (κ3) is 6.85. The predicted octanol–water partition coefficient (Wildman–Crippen LogP) is -0.126. The maximum absolute atomic E-state index is 10.7. The molecule has 5 nitrogen and oxygen atoms in total. The van der Waals surface area contributed by atoms with E-state index in [4.69, 9.17) is 5.11 Å². The molecule has 0 saturated heterocycles. The van der Waals surface area contributed by atoms with Crippen LogP contribution in [0.25, 0.3) is 0 Å². The predicted molar refractivity (Wildman–Crippen MR) is 54.0 cm³/mol. The molecule has 0 aromatic rings. The van der Waals surface area contributed by atoms with E-state index in [9.17, 15) is 13.2 Å². The van der Waals surface area contributed by atoms with E-state index in [1.807, 2.05) is 0 Å². The number of carboxylic acids is 1. The van der Waals surface area contributed by atoms with E-state index in [-0.39, 0.29) is 5.75 Å². The summed E-state index contributed by atoms with van der Waals surface area (Å²) in [6.45, 7) is 2.18. The smallest absolute Gasteiger partial charge is 0.320 e. The quantitative estimate of drug-likeness (QED) is 0.588. The van der Waals surface area contributed by atoms with Crippen molar-refractivity contribution in [2.75, 3.05) is 18.6 Å². The van der Waals surface area contributed by atoms with Crippen molar-refractivity contribution in [2.24, 2.45) is 0 Å². The summed E-state index contributed by atoms with van der Waals surface area (Å²) in [4.78, 5) is 10.5. The first-order chi connectivity index (χ1) is 6.37. The molecule has 1 unspecified atom stereocenters. The topological polar surface area (TPSA) is 83.5 Å². The molecule has 0 aromatic heterocycles. The van der Waals surface area contributed by atoms with E-state index in [1.165, 1.54) is 6.26 Å². The first-order valence-corrected chi connectivity index (χ1v) is 6.56. The van der Waals surface area contributed by atoms with Crippen molar-refractivity contribution in [3.63, 3.8) is 0 Å². The summed E-state index contributed by atoms with van der Waals surface area (Å²) in [7, 11) is -2.94. The number of sulfone groups is 1. The van der Waals surface area contributed by atoms with E-state index < -0.39 is 21.8 Å². The van der Waals surface area contributed by atoms with Gasteiger partial charge in [0.2, 0.25) is 0 Å². The van der Waals surface area contributed by atoms with Crippen molar-refractivity contribution in [3.05, 3.63) is 0 Å². The molecule has 0 heterocycles. The Hall–Kier alpha value is -0.620. The fourth-order valence-corrected chi connectivity index (χ4v) is 1.69. The van der Waals surface area contributed by atoms with Crippen LogP contribution in [0.3, 0.4) is 0 Å². The first-order valence-electron chi connectivity index (χ1n) is 4.50. The Morgan fingerprint density at radius 3 is 2.43 bits per heavy atom. The van der Waals surface area contributed by atoms with Crippen LogP contribution in [0.4, 0.5) is 0 Å². The molecule has 84 valence electrons. The summed E-state index contributed by atoms with van der Waals surface area (Å²) in [5, 5.41) is 11.4. The fraction of sp³-hybridized carbons (Fsp3) is 0.875. The van der Waals surface area contributed by atoms with Crippen molar-refractivity contribution in [2.45, 2.75) is 25.8 Å². The fourth-order valence-electron chi connectivity index (χ4n) is 1.02. The number of rotatable bonds is 7. The largest absolute Gasteiger partial charge is 0.480 e. The summed E-state index contributed by atoms with van der Waals surface area (Å²) in [6.07, 6.45) is 2.11. The number of aliphatic carboxylic acids is 1. The molecule has 1 atom stereocenters. The van der Waals surface area contributed by atoms with Crippen molar-refractivity contribution >= 4 is 15.8 Å². The first kappa shape index (κ1) is 13.4. The zero-order valence-corrected chi connectivity index (χ0v) is 9.30. The molecule has 0 aliphatic heterocycles. The molecular formula is C8H17NO4S. The molecule has 0 radical (unpaired) electrons. The molecule has 0 spiro atoms. The molecule has 0 aromatic carbocycles. The van der Waals surface area contributed by atoms with Gasteiger partial charge in [0.15, 0.2) is 0 Å². The molecule has 0 saturated carbocycles. The zero-order valence-electron chi connectivity index (χ0n) is 8.49. The second kappa shape index (κ2) is 5.98. The van der Waals surface area contributed by atoms with Crippen LogP contribution in [0.5, 0.6) is 0 Å². The highest BCUT2D eigenvalue weighted by Crippen LogP contribution is 1.92. The summed E-state index contributed by atoms with van der Waals surface area (Å²) in [5.74, 6) is -0.803. The van der Waals surface area contributed by atoms with Gasteiger partial charge in [-0.2, -0.15) is 0 Å². The third-order valence-corrected chi connectivity index (χ3v) is 2.82. The van der Waals surface area contributed by atoms with Crippen molar-refractivity contribution in [1.29, 1.82) is 0 Å². The van der Waals surface area contributed by atoms with Crippen LogP contribution in [0.15, 0.2) is 0 Å². The molecule has 6 heteroatoms. The third-order valence-electron chi connectivity index (χ3n) is 1.79. The van der Waals surface area contributed by atoms with Gasteiger partial charge >= 0.3 is 5.97 Å². The van der Waals surface area contributed by atoms with Gasteiger partial charge < -0.3 is 10.4 Å². The molecule has 0 aliphatic carbocycles. The second-order valence-electron chi connectivity index (χ2n) is 3.24. The Morgan fingerprint density at radius 2 is 2.07 bits per heavy atom. The molecule has 0 bridgehead atoms. The van der Waals surface area contributed by atoms with Gasteiger partial charge in [0, 0.05) is 6.26 Å². The number of hydrogen-bond acceptors (Lipinski definition) is 4. The Labute approximate surface area is 84.4 Å². The second-order valence-corrected chi connectivity index (χ2v) is 5.50. The van der Waals surface area contributed by atoms with Gasteiger partial charge in [-0.25, -0.2) is 8.42 Å². The summed E-state index contributed by atoms with van der Waals surface area (Å²) in [5.41, 5.74) is 0. The zero-order chi connectivity index (χ0) is 11.2. The van der Waals surface area contributed by atoms with E-state index in [0.29, 0.717) is 19.4 Å². The van der Waals surface area contributed by atoms with Gasteiger partial charge in [-0.05, 0) is 19.4 Å². The number of carbonyl (C=O) groups is 1. The van der Waals surface area contributed by atoms with Crippen LogP contribution in [0.2, 0.25) is 0 Å². The Balaban J connectivity index is 3.68. The van der Waals surface area contributed by atoms with Crippen LogP contribution in [0, 0.1) is 0 Å². The molecule has 14 heavy (non-hydrogen) atoms. The lowest BCUT2D eigenvalue weighted by molar-refractivity contribution is -0.139. The van der Waals surface area contributed by atoms with Gasteiger partial charge in [-0.15, -0.1) is 0 Å². The average Bonchev–Trinajstić information content (AvgIpc) is 2.01. The van der Waals surface area contributed by atoms with Gasteiger partial charge in [0.05, 0.1) is 5.75 Å². The summed E-state index contributed by atoms with van der Waals surface area (Å²) < 4.78 is 21.5. The standard InChI is InChI=1S/C8H17NO4S/c1-3-7(8(10)11)9-5-4-6-14(2,12)13/h7,9H,3-6H2,1-2H3,(H,10,11). The molecule has 0 fully saturated rings. The highest BCUT2D eigenvalue weighted by molar-refractivity contribution is 7.90. The van der Waals surface area contributed by atoms with Gasteiger partial charge in [0.1, 0.15) is 15.9 Å². The van der Waals surface area contributed by atoms with Gasteiger partial charge in [-0.1, -0.05) is 6.92 Å². The molecule has 0 amide bonds. The Kier molecular flexibility index (Phi) is 5.71. The molecule has 2 N–H and O–H groups in total. The molecular weight excluding hydrogens is 206 g/mol. The summed E-state index contributed by atoms with van der Waals surface area (Å²) >= 11 is 0. The SMILES string of the molecule is CCC(NCCCS(C)(=O)=O)C(=O)O. The Bertz CT molecular complexity index is 273. The minimum absolute atomic E-state index is 0.0933. The van der Waals surface area contributed by atoms with E-state index in [1.54, 1.807) is 6.92 Å². The van der Waals surface area contributed by atoms with Gasteiger partial charge in [0.25, 0.3) is 0 Å². The number of nitrogens with one attached hydrogen (secondary N) is 1. The van der Waals surface area contributed by atoms with Crippen molar-refractivity contribution in [1.82, 2.24) is 5.32 Å². The lowest BCUT2D eigenvalue weighted by atomic mass is 10.2. The Morgan fingerprint density at radius 1 is 1.50 bits per heavy atom. The number of carboxylic acid groups (broad SMARTS) is 1. The lowest BCUT2D eigenvalue weighted by Crippen LogP contribution is -2.37. The highest BCUT2D eigenvalue weighted by Gasteiger charge is 2.13. The van der Waals surface area contributed by atoms with E-state index >= 15 is 0 Å². The minimum atomic E-state index is -2.94. The van der Waals surface area contributed by atoms with Crippen LogP contribution >= 0.6 is 0 Å². The lowest BCUT2D eigenvalue weighted by Gasteiger charge is -2.11. The van der Waals surface area contributed by atoms with Gasteiger partial charge in [-0.3, -0.25) is 4.79 Å². The highest BCUT2D eigenvalue weighted by atomic mass is 32.2. The van der Waals surface area contributed by atoms with Crippen molar-refractivity contribution in [3.8, 4) is 0 Å². The monoisotopic (exact) mass is 223 g/mol.